The predicted octanol–water partition coefficient (Wildman–Crippen LogP) is 22.7. The van der Waals surface area contributed by atoms with Crippen molar-refractivity contribution in [1.82, 2.24) is 60.3 Å². The van der Waals surface area contributed by atoms with Gasteiger partial charge in [-0.25, -0.2) is 32.8 Å². The molecule has 0 aliphatic carbocycles. The maximum atomic E-state index is 14.1. The Kier molecular flexibility index (Phi) is 28.1. The number of fused-ring (bicyclic) bond motifs is 24. The van der Waals surface area contributed by atoms with Crippen molar-refractivity contribution in [2.45, 2.75) is 86.8 Å². The Balaban J connectivity index is 0.000000125. The van der Waals surface area contributed by atoms with E-state index in [0.717, 1.165) is 201 Å². The van der Waals surface area contributed by atoms with Gasteiger partial charge in [-0.05, 0) is 259 Å². The summed E-state index contributed by atoms with van der Waals surface area (Å²) in [6.07, 6.45) is 3.17. The average molecular weight is 1970 g/mol. The van der Waals surface area contributed by atoms with Crippen molar-refractivity contribution in [1.29, 1.82) is 0 Å². The zero-order chi connectivity index (χ0) is 98.5. The van der Waals surface area contributed by atoms with Gasteiger partial charge in [0.2, 0.25) is 0 Å². The molecule has 1 unspecified atom stereocenters. The number of nitro groups is 1. The summed E-state index contributed by atoms with van der Waals surface area (Å²) in [5, 5.41) is 31.5. The molecule has 20 aromatic rings. The standard InChI is InChI=1S/C29H29N3O5.C28H27N3O5.C27H26ClN3O4.C24H22F2N4O3.ClH/c1-3-35-28(33)16-7-9-23-19(12-16)21-14-22-20-13-17(29(34)36-4-2)8-10-24(20)32-26(22)27(25(21)31-23)37-15-18-6-5-11-30-18;1-3-34-27(32)15-5-7-22-18(11-15)20-13-21-19-12-16(28(33)35-4-2)6-8-23(19)31-25(21)26(24(20)30-22)36-17-9-10-29-14-17;1-5-34-27(33)16-7-9-20-18(13-16)22-23(28)21-17-12-15(14(2)32)6-8-19(17)29-24(21)26(25(22)30-20)35-11-10-31(3)4;1-3-29(4-2)9-10-33-24-21-19(15-11-13(25)5-7-17(15)27-21)23(30(31)32)20-16-12-14(26)6-8-18(16)28-22(20)24;/h7-10,12-14,18,30-32H,3-6,11,15H2,1-2H3;5-8,11-13,17,29-31H,3-4,9-10,14H2,1-2H3;6-9,12-13,29-30H,5,10-11H2,1-4H3;5-8,11-12,27-28H,3-4,9-10H2,1-2H3;1H/t;17-;;;/m.0.../s1. The summed E-state index contributed by atoms with van der Waals surface area (Å²) in [4.78, 5) is 118. The lowest BCUT2D eigenvalue weighted by Crippen LogP contribution is -2.28. The number of aromatic nitrogens is 8. The van der Waals surface area contributed by atoms with Gasteiger partial charge in [0, 0.05) is 151 Å². The summed E-state index contributed by atoms with van der Waals surface area (Å²) in [7, 11) is 3.98. The number of carbonyl (C=O) groups is 6. The summed E-state index contributed by atoms with van der Waals surface area (Å²) in [5.74, 6) is -0.328. The Labute approximate surface area is 820 Å². The molecule has 2 saturated heterocycles. The number of H-pyrrole nitrogens is 8. The van der Waals surface area contributed by atoms with Crippen LogP contribution in [-0.4, -0.2) is 215 Å². The number of aromatic amines is 8. The van der Waals surface area contributed by atoms with Crippen LogP contribution >= 0.6 is 24.0 Å². The van der Waals surface area contributed by atoms with Gasteiger partial charge in [0.25, 0.3) is 5.69 Å². The first-order valence-corrected chi connectivity index (χ1v) is 47.8. The number of likely N-dealkylation sites (N-methyl/N-ethyl adjacent to an activating group) is 2. The highest BCUT2D eigenvalue weighted by atomic mass is 35.5. The van der Waals surface area contributed by atoms with Crippen LogP contribution in [0.25, 0.3) is 174 Å². The average Bonchev–Trinajstić information content (AvgIpc) is 1.55. The smallest absolute Gasteiger partial charge is 0.338 e. The molecule has 10 N–H and O–H groups in total. The molecule has 142 heavy (non-hydrogen) atoms. The molecule has 0 radical (unpaired) electrons. The number of nitrogens with zero attached hydrogens (tertiary/aromatic N) is 3. The van der Waals surface area contributed by atoms with Crippen LogP contribution in [0.2, 0.25) is 5.02 Å². The van der Waals surface area contributed by atoms with Crippen LogP contribution in [-0.2, 0) is 23.7 Å². The van der Waals surface area contributed by atoms with Gasteiger partial charge in [0.1, 0.15) is 37.6 Å². The summed E-state index contributed by atoms with van der Waals surface area (Å²) < 4.78 is 80.0. The Bertz CT molecular complexity index is 8100. The second-order valence-corrected chi connectivity index (χ2v) is 35.5. The monoisotopic (exact) mass is 1960 g/mol. The van der Waals surface area contributed by atoms with Crippen molar-refractivity contribution in [2.75, 3.05) is 113 Å². The quantitative estimate of drug-likeness (QED) is 0.00751. The summed E-state index contributed by atoms with van der Waals surface area (Å²) in [6.45, 7) is 23.3. The molecule has 0 saturated carbocycles. The third kappa shape index (κ3) is 18.4. The molecule has 732 valence electrons. The van der Waals surface area contributed by atoms with Crippen LogP contribution in [0.15, 0.2) is 158 Å². The SMILES string of the molecule is CCN(CC)CCOc1c2[nH]c3ccc(F)cc3c2c([N+](=O)[O-])c2c1[nH]c1ccc(F)cc12.CCOC(=O)c1ccc2[nH]c3c(OCC4CCCN4)c4[nH]c5ccc(C(=O)OCC)cc5c4cc3c2c1.CCOC(=O)c1ccc2[nH]c3c(OCCN(C)C)c4[nH]c5ccc(C(C)=O)cc5c4c(Cl)c3c2c1.CCOC(=O)c1ccc2[nH]c3c(O[C@H]4CCNC4)c4[nH]c5ccc(C(=O)OCC)cc5c4cc3c2c1.Cl. The van der Waals surface area contributed by atoms with E-state index < -0.39 is 16.6 Å². The Morgan fingerprint density at radius 2 is 0.732 bits per heavy atom. The molecule has 0 spiro atoms. The van der Waals surface area contributed by atoms with Crippen molar-refractivity contribution >= 4 is 240 Å². The molecule has 34 heteroatoms. The number of benzene rings is 12. The number of hydrogen-bond donors (Lipinski definition) is 10. The van der Waals surface area contributed by atoms with Crippen LogP contribution in [0.5, 0.6) is 23.0 Å². The van der Waals surface area contributed by atoms with E-state index in [1.807, 2.05) is 85.7 Å². The number of nitrogens with one attached hydrogen (secondary N) is 10. The van der Waals surface area contributed by atoms with E-state index in [1.165, 1.54) is 24.3 Å². The number of halogens is 4. The van der Waals surface area contributed by atoms with Crippen LogP contribution < -0.4 is 29.6 Å². The van der Waals surface area contributed by atoms with Crippen LogP contribution in [0.1, 0.15) is 137 Å². The number of carbonyl (C=O) groups excluding carboxylic acids is 6. The summed E-state index contributed by atoms with van der Waals surface area (Å²) >= 11 is 7.09. The van der Waals surface area contributed by atoms with Gasteiger partial charge in [0.15, 0.2) is 28.8 Å². The largest absolute Gasteiger partial charge is 0.488 e. The van der Waals surface area contributed by atoms with Gasteiger partial charge >= 0.3 is 29.8 Å². The summed E-state index contributed by atoms with van der Waals surface area (Å²) in [6, 6.07) is 45.7. The third-order valence-corrected chi connectivity index (χ3v) is 26.5. The number of ether oxygens (including phenoxy) is 9. The molecular formula is C108H105Cl2F2N13O17. The first kappa shape index (κ1) is 97.2. The van der Waals surface area contributed by atoms with Gasteiger partial charge < -0.3 is 103 Å². The lowest BCUT2D eigenvalue weighted by atomic mass is 10.0. The van der Waals surface area contributed by atoms with Crippen molar-refractivity contribution in [3.05, 3.63) is 218 Å². The van der Waals surface area contributed by atoms with Crippen LogP contribution in [0.4, 0.5) is 14.5 Å². The fourth-order valence-corrected chi connectivity index (χ4v) is 19.7. The molecule has 12 aromatic carbocycles. The molecule has 22 rings (SSSR count). The summed E-state index contributed by atoms with van der Waals surface area (Å²) in [5.41, 5.74) is 15.0. The van der Waals surface area contributed by atoms with Gasteiger partial charge in [-0.1, -0.05) is 25.4 Å². The van der Waals surface area contributed by atoms with Gasteiger partial charge in [-0.15, -0.1) is 12.4 Å². The Hall–Kier alpha value is -15.1. The lowest BCUT2D eigenvalue weighted by Gasteiger charge is -2.18. The van der Waals surface area contributed by atoms with E-state index in [9.17, 15) is 47.7 Å². The Morgan fingerprint density at radius 3 is 1.08 bits per heavy atom. The maximum absolute atomic E-state index is 14.1. The van der Waals surface area contributed by atoms with Crippen molar-refractivity contribution in [3.63, 3.8) is 0 Å². The van der Waals surface area contributed by atoms with Gasteiger partial charge in [-0.2, -0.15) is 0 Å². The number of hydrogen-bond acceptors (Lipinski definition) is 21. The molecule has 30 nitrogen and oxygen atoms in total. The number of esters is 5. The zero-order valence-electron chi connectivity index (χ0n) is 79.7. The predicted molar refractivity (Wildman–Crippen MR) is 555 cm³/mol. The van der Waals surface area contributed by atoms with E-state index in [1.54, 1.807) is 96.1 Å². The molecule has 2 fully saturated rings. The number of ketones is 1. The molecule has 8 aromatic heterocycles. The maximum Gasteiger partial charge on any atom is 0.338 e. The van der Waals surface area contributed by atoms with E-state index in [0.29, 0.717) is 148 Å². The van der Waals surface area contributed by atoms with Crippen molar-refractivity contribution in [2.24, 2.45) is 0 Å². The molecular weight excluding hydrogens is 1860 g/mol. The normalized spacial score (nSPS) is 13.8. The third-order valence-electron chi connectivity index (χ3n) is 26.1. The van der Waals surface area contributed by atoms with E-state index in [4.69, 9.17) is 54.2 Å². The van der Waals surface area contributed by atoms with E-state index >= 15 is 0 Å². The Morgan fingerprint density at radius 1 is 0.401 bits per heavy atom. The van der Waals surface area contributed by atoms with Crippen LogP contribution in [0.3, 0.4) is 0 Å². The lowest BCUT2D eigenvalue weighted by molar-refractivity contribution is -0.381. The highest BCUT2D eigenvalue weighted by molar-refractivity contribution is 6.46. The molecule has 2 aliphatic rings. The van der Waals surface area contributed by atoms with Crippen molar-refractivity contribution in [3.8, 4) is 23.0 Å². The van der Waals surface area contributed by atoms with Crippen LogP contribution in [0, 0.1) is 21.7 Å². The highest BCUT2D eigenvalue weighted by Gasteiger charge is 2.33. The first-order chi connectivity index (χ1) is 68.4. The number of rotatable bonds is 27. The first-order valence-electron chi connectivity index (χ1n) is 47.4. The number of Topliss-reactive ketones (excluding diaryl/α,β-unsaturated/α-hetero) is 1. The minimum absolute atomic E-state index is 0. The van der Waals surface area contributed by atoms with Crippen molar-refractivity contribution < 1.29 is 85.1 Å². The molecule has 0 bridgehead atoms. The molecule has 10 heterocycles. The fraction of sp³-hybridized carbons (Fsp3) is 0.278. The minimum Gasteiger partial charge on any atom is -0.488 e. The highest BCUT2D eigenvalue weighted by Crippen LogP contribution is 2.51. The molecule has 2 aliphatic heterocycles. The van der Waals surface area contributed by atoms with Gasteiger partial charge in [-0.3, -0.25) is 14.9 Å². The fourth-order valence-electron chi connectivity index (χ4n) is 19.3. The van der Waals surface area contributed by atoms with E-state index in [-0.39, 0.29) is 70.6 Å². The molecule has 0 amide bonds. The number of nitro benzene ring substituents is 1. The van der Waals surface area contributed by atoms with E-state index in [2.05, 4.69) is 81.4 Å². The zero-order valence-corrected chi connectivity index (χ0v) is 81.3. The number of non-ortho nitro benzene ring substituents is 1. The topological polar surface area (TPSA) is 385 Å². The second kappa shape index (κ2) is 41.0. The molecule has 2 atom stereocenters. The second-order valence-electron chi connectivity index (χ2n) is 35.1. The van der Waals surface area contributed by atoms with Gasteiger partial charge in [0.05, 0.1) is 126 Å². The minimum atomic E-state index is -0.508.